The number of carbonyl (C=O) groups is 1. The molecule has 0 amide bonds. The molecule has 0 atom stereocenters. The molecular formula is C19H29ClO. The van der Waals surface area contributed by atoms with Gasteiger partial charge in [-0.05, 0) is 30.7 Å². The zero-order chi connectivity index (χ0) is 15.3. The van der Waals surface area contributed by atoms with Crippen molar-refractivity contribution in [3.63, 3.8) is 0 Å². The van der Waals surface area contributed by atoms with E-state index in [0.29, 0.717) is 11.4 Å². The van der Waals surface area contributed by atoms with Gasteiger partial charge in [0.2, 0.25) is 0 Å². The maximum absolute atomic E-state index is 11.9. The van der Waals surface area contributed by atoms with Crippen molar-refractivity contribution in [1.82, 2.24) is 0 Å². The quantitative estimate of drug-likeness (QED) is 0.305. The molecule has 1 rings (SSSR count). The molecule has 21 heavy (non-hydrogen) atoms. The second kappa shape index (κ2) is 11.8. The molecule has 2 heteroatoms. The molecule has 0 aliphatic carbocycles. The van der Waals surface area contributed by atoms with Crippen molar-refractivity contribution in [2.24, 2.45) is 0 Å². The average Bonchev–Trinajstić information content (AvgIpc) is 2.49. The lowest BCUT2D eigenvalue weighted by molar-refractivity contribution is 0.0979. The standard InChI is InChI=1S/C19H29ClO/c1-2-3-4-5-6-7-8-9-10-11-12-19(21)17-13-15-18(20)16-14-17/h13-16H,2-12H2,1H3. The molecule has 0 saturated heterocycles. The molecule has 118 valence electrons. The molecule has 0 fully saturated rings. The third kappa shape index (κ3) is 8.93. The molecule has 1 aromatic carbocycles. The van der Waals surface area contributed by atoms with Crippen molar-refractivity contribution in [2.45, 2.75) is 77.6 Å². The first kappa shape index (κ1) is 18.2. The number of halogens is 1. The van der Waals surface area contributed by atoms with Gasteiger partial charge in [0, 0.05) is 17.0 Å². The fourth-order valence-corrected chi connectivity index (χ4v) is 2.68. The van der Waals surface area contributed by atoms with Crippen LogP contribution in [-0.2, 0) is 0 Å². The minimum atomic E-state index is 0.242. The summed E-state index contributed by atoms with van der Waals surface area (Å²) in [4.78, 5) is 11.9. The number of benzene rings is 1. The lowest BCUT2D eigenvalue weighted by Gasteiger charge is -2.03. The van der Waals surface area contributed by atoms with Crippen molar-refractivity contribution in [3.8, 4) is 0 Å². The third-order valence-corrected chi connectivity index (χ3v) is 4.18. The average molecular weight is 309 g/mol. The van der Waals surface area contributed by atoms with E-state index in [9.17, 15) is 4.79 Å². The lowest BCUT2D eigenvalue weighted by Crippen LogP contribution is -1.98. The number of Topliss-reactive ketones (excluding diaryl/α,β-unsaturated/α-hetero) is 1. The number of carbonyl (C=O) groups excluding carboxylic acids is 1. The van der Waals surface area contributed by atoms with E-state index in [4.69, 9.17) is 11.6 Å². The Balaban J connectivity index is 1.96. The molecule has 0 spiro atoms. The van der Waals surface area contributed by atoms with Gasteiger partial charge >= 0.3 is 0 Å². The van der Waals surface area contributed by atoms with Gasteiger partial charge in [0.1, 0.15) is 0 Å². The van der Waals surface area contributed by atoms with Crippen molar-refractivity contribution in [3.05, 3.63) is 34.9 Å². The van der Waals surface area contributed by atoms with Crippen LogP contribution in [0.1, 0.15) is 87.9 Å². The van der Waals surface area contributed by atoms with Crippen LogP contribution in [0.15, 0.2) is 24.3 Å². The molecule has 0 unspecified atom stereocenters. The van der Waals surface area contributed by atoms with Crippen molar-refractivity contribution in [2.75, 3.05) is 0 Å². The highest BCUT2D eigenvalue weighted by atomic mass is 35.5. The van der Waals surface area contributed by atoms with Gasteiger partial charge in [-0.1, -0.05) is 76.3 Å². The summed E-state index contributed by atoms with van der Waals surface area (Å²) in [6.45, 7) is 2.26. The topological polar surface area (TPSA) is 17.1 Å². The second-order valence-electron chi connectivity index (χ2n) is 5.86. The molecule has 0 aliphatic rings. The molecule has 0 bridgehead atoms. The zero-order valence-electron chi connectivity index (χ0n) is 13.4. The second-order valence-corrected chi connectivity index (χ2v) is 6.30. The molecule has 1 aromatic rings. The van der Waals surface area contributed by atoms with Crippen LogP contribution in [0.25, 0.3) is 0 Å². The highest BCUT2D eigenvalue weighted by Crippen LogP contribution is 2.14. The summed E-state index contributed by atoms with van der Waals surface area (Å²) in [5.74, 6) is 0.242. The molecule has 0 heterocycles. The van der Waals surface area contributed by atoms with E-state index >= 15 is 0 Å². The predicted molar refractivity (Wildman–Crippen MR) is 92.2 cm³/mol. The lowest BCUT2D eigenvalue weighted by atomic mass is 10.0. The van der Waals surface area contributed by atoms with Crippen LogP contribution >= 0.6 is 11.6 Å². The maximum Gasteiger partial charge on any atom is 0.162 e. The summed E-state index contributed by atoms with van der Waals surface area (Å²) in [7, 11) is 0. The number of hydrogen-bond acceptors (Lipinski definition) is 1. The monoisotopic (exact) mass is 308 g/mol. The van der Waals surface area contributed by atoms with E-state index in [1.54, 1.807) is 12.1 Å². The zero-order valence-corrected chi connectivity index (χ0v) is 14.1. The van der Waals surface area contributed by atoms with Crippen LogP contribution in [0.4, 0.5) is 0 Å². The fourth-order valence-electron chi connectivity index (χ4n) is 2.55. The molecular weight excluding hydrogens is 280 g/mol. The number of hydrogen-bond donors (Lipinski definition) is 0. The molecule has 0 radical (unpaired) electrons. The van der Waals surface area contributed by atoms with Crippen LogP contribution in [0.3, 0.4) is 0 Å². The SMILES string of the molecule is CCCCCCCCCCCCC(=O)c1ccc(Cl)cc1. The highest BCUT2D eigenvalue weighted by Gasteiger charge is 2.04. The predicted octanol–water partition coefficient (Wildman–Crippen LogP) is 6.83. The van der Waals surface area contributed by atoms with Crippen LogP contribution in [0.2, 0.25) is 5.02 Å². The molecule has 0 aromatic heterocycles. The maximum atomic E-state index is 11.9. The van der Waals surface area contributed by atoms with E-state index in [1.807, 2.05) is 12.1 Å². The Morgan fingerprint density at radius 1 is 0.810 bits per heavy atom. The minimum absolute atomic E-state index is 0.242. The third-order valence-electron chi connectivity index (χ3n) is 3.92. The summed E-state index contributed by atoms with van der Waals surface area (Å²) in [5.41, 5.74) is 0.787. The summed E-state index contributed by atoms with van der Waals surface area (Å²) >= 11 is 5.82. The van der Waals surface area contributed by atoms with Crippen molar-refractivity contribution < 1.29 is 4.79 Å². The summed E-state index contributed by atoms with van der Waals surface area (Å²) in [5, 5.41) is 0.686. The van der Waals surface area contributed by atoms with E-state index < -0.39 is 0 Å². The van der Waals surface area contributed by atoms with Gasteiger partial charge in [0.05, 0.1) is 0 Å². The van der Waals surface area contributed by atoms with Gasteiger partial charge in [0.25, 0.3) is 0 Å². The van der Waals surface area contributed by atoms with Crippen LogP contribution in [0, 0.1) is 0 Å². The smallest absolute Gasteiger partial charge is 0.162 e. The first-order chi connectivity index (χ1) is 10.2. The van der Waals surface area contributed by atoms with E-state index in [2.05, 4.69) is 6.92 Å². The normalized spacial score (nSPS) is 10.8. The number of rotatable bonds is 12. The van der Waals surface area contributed by atoms with Crippen LogP contribution < -0.4 is 0 Å². The number of ketones is 1. The Labute approximate surface area is 135 Å². The largest absolute Gasteiger partial charge is 0.294 e. The molecule has 0 saturated carbocycles. The first-order valence-electron chi connectivity index (χ1n) is 8.53. The van der Waals surface area contributed by atoms with Gasteiger partial charge in [0.15, 0.2) is 5.78 Å². The highest BCUT2D eigenvalue weighted by molar-refractivity contribution is 6.30. The Morgan fingerprint density at radius 2 is 1.29 bits per heavy atom. The van der Waals surface area contributed by atoms with E-state index in [0.717, 1.165) is 12.0 Å². The van der Waals surface area contributed by atoms with Crippen molar-refractivity contribution in [1.29, 1.82) is 0 Å². The van der Waals surface area contributed by atoms with Crippen LogP contribution in [-0.4, -0.2) is 5.78 Å². The van der Waals surface area contributed by atoms with Crippen molar-refractivity contribution >= 4 is 17.4 Å². The minimum Gasteiger partial charge on any atom is -0.294 e. The van der Waals surface area contributed by atoms with Gasteiger partial charge in [-0.3, -0.25) is 4.79 Å². The summed E-state index contributed by atoms with van der Waals surface area (Å²) < 4.78 is 0. The Hall–Kier alpha value is -0.820. The fraction of sp³-hybridized carbons (Fsp3) is 0.632. The van der Waals surface area contributed by atoms with E-state index in [1.165, 1.54) is 57.8 Å². The van der Waals surface area contributed by atoms with Gasteiger partial charge in [-0.15, -0.1) is 0 Å². The van der Waals surface area contributed by atoms with E-state index in [-0.39, 0.29) is 5.78 Å². The summed E-state index contributed by atoms with van der Waals surface area (Å²) in [6, 6.07) is 7.21. The summed E-state index contributed by atoms with van der Waals surface area (Å²) in [6.07, 6.45) is 13.7. The van der Waals surface area contributed by atoms with Crippen LogP contribution in [0.5, 0.6) is 0 Å². The Morgan fingerprint density at radius 3 is 1.81 bits per heavy atom. The first-order valence-corrected chi connectivity index (χ1v) is 8.90. The molecule has 0 aliphatic heterocycles. The molecule has 0 N–H and O–H groups in total. The number of unbranched alkanes of at least 4 members (excludes halogenated alkanes) is 9. The Bertz CT molecular complexity index is 383. The Kier molecular flexibility index (Phi) is 10.2. The van der Waals surface area contributed by atoms with Gasteiger partial charge < -0.3 is 0 Å². The van der Waals surface area contributed by atoms with Gasteiger partial charge in [-0.2, -0.15) is 0 Å². The van der Waals surface area contributed by atoms with Gasteiger partial charge in [-0.25, -0.2) is 0 Å². The molecule has 1 nitrogen and oxygen atoms in total.